The molecule has 0 aliphatic carbocycles. The van der Waals surface area contributed by atoms with E-state index in [-0.39, 0.29) is 39.8 Å². The van der Waals surface area contributed by atoms with Crippen LogP contribution in [0.4, 0.5) is 0 Å². The van der Waals surface area contributed by atoms with Crippen LogP contribution in [-0.4, -0.2) is 52.4 Å². The zero-order chi connectivity index (χ0) is 49.3. The Morgan fingerprint density at radius 3 is 1.22 bits per heavy atom. The van der Waals surface area contributed by atoms with E-state index < -0.39 is 23.9 Å². The topological polar surface area (TPSA) is 174 Å². The van der Waals surface area contributed by atoms with Gasteiger partial charge in [0.2, 0.25) is 11.8 Å². The van der Waals surface area contributed by atoms with Gasteiger partial charge in [-0.2, -0.15) is 0 Å². The van der Waals surface area contributed by atoms with Crippen molar-refractivity contribution in [3.63, 3.8) is 0 Å². The Morgan fingerprint density at radius 2 is 0.812 bits per heavy atom. The van der Waals surface area contributed by atoms with Gasteiger partial charge in [-0.1, -0.05) is 80.1 Å². The number of aromatic nitrogens is 2. The summed E-state index contributed by atoms with van der Waals surface area (Å²) in [5.74, 6) is 0.893. The van der Waals surface area contributed by atoms with Gasteiger partial charge in [-0.3, -0.25) is 0 Å². The number of hydrogen-bond donors (Lipinski definition) is 1. The molecule has 0 saturated carbocycles. The van der Waals surface area contributed by atoms with Crippen molar-refractivity contribution in [2.24, 2.45) is 23.7 Å². The van der Waals surface area contributed by atoms with Gasteiger partial charge in [0.1, 0.15) is 28.7 Å². The van der Waals surface area contributed by atoms with E-state index in [9.17, 15) is 24.3 Å². The second kappa shape index (κ2) is 25.2. The fourth-order valence-corrected chi connectivity index (χ4v) is 7.35. The zero-order valence-corrected chi connectivity index (χ0v) is 40.3. The van der Waals surface area contributed by atoms with E-state index in [0.717, 1.165) is 42.2 Å². The summed E-state index contributed by atoms with van der Waals surface area (Å²) in [6, 6.07) is 29.6. The Labute approximate surface area is 404 Å². The van der Waals surface area contributed by atoms with E-state index in [2.05, 4.69) is 51.7 Å². The van der Waals surface area contributed by atoms with Crippen LogP contribution in [0.15, 0.2) is 120 Å². The van der Waals surface area contributed by atoms with E-state index in [0.29, 0.717) is 53.7 Å². The van der Waals surface area contributed by atoms with Crippen LogP contribution in [-0.2, 0) is 0 Å². The number of esters is 3. The molecule has 13 heteroatoms. The van der Waals surface area contributed by atoms with Crippen molar-refractivity contribution in [3.8, 4) is 51.7 Å². The van der Waals surface area contributed by atoms with Gasteiger partial charge < -0.3 is 33.2 Å². The third kappa shape index (κ3) is 16.2. The van der Waals surface area contributed by atoms with Crippen LogP contribution < -0.4 is 23.7 Å². The summed E-state index contributed by atoms with van der Waals surface area (Å²) >= 11 is 0. The van der Waals surface area contributed by atoms with Gasteiger partial charge in [0.25, 0.3) is 0 Å². The zero-order valence-electron chi connectivity index (χ0n) is 40.3. The van der Waals surface area contributed by atoms with Crippen molar-refractivity contribution >= 4 is 23.9 Å². The summed E-state index contributed by atoms with van der Waals surface area (Å²) in [4.78, 5) is 51.2. The van der Waals surface area contributed by atoms with Gasteiger partial charge in [-0.05, 0) is 146 Å². The Bertz CT molecular complexity index is 2600. The molecule has 0 radical (unpaired) electrons. The minimum absolute atomic E-state index is 0.0874. The Balaban J connectivity index is 0.980. The molecule has 69 heavy (non-hydrogen) atoms. The number of aromatic carboxylic acids is 1. The predicted molar refractivity (Wildman–Crippen MR) is 262 cm³/mol. The maximum Gasteiger partial charge on any atom is 0.343 e. The lowest BCUT2D eigenvalue weighted by Crippen LogP contribution is -2.12. The number of carbonyl (C=O) groups excluding carboxylic acids is 3. The fraction of sp³-hybridized carbons (Fsp3) is 0.357. The molecule has 362 valence electrons. The first-order chi connectivity index (χ1) is 33.2. The second-order valence-electron chi connectivity index (χ2n) is 18.4. The van der Waals surface area contributed by atoms with Gasteiger partial charge >= 0.3 is 23.9 Å². The first-order valence-electron chi connectivity index (χ1n) is 23.7. The van der Waals surface area contributed by atoms with E-state index in [1.165, 1.54) is 81.0 Å². The summed E-state index contributed by atoms with van der Waals surface area (Å²) < 4.78 is 34.3. The SMILES string of the molecule is CC(C)CCC[C@H](C)CCOc1ccc(C(=O)Oc2ccc(C(=O)Oc3cc(OC(=O)c4ccc(-c5nnc(-c6ccc(OCC[C@@H](C)CCCC(C)C)cc6)o5)cc4)cc(C(=O)O)c3)cc2)cc1. The Morgan fingerprint density at radius 1 is 0.449 bits per heavy atom. The van der Waals surface area contributed by atoms with Gasteiger partial charge in [0, 0.05) is 17.2 Å². The van der Waals surface area contributed by atoms with Crippen LogP contribution in [0.5, 0.6) is 28.7 Å². The van der Waals surface area contributed by atoms with E-state index in [1.807, 2.05) is 24.3 Å². The number of hydrogen-bond acceptors (Lipinski definition) is 12. The largest absolute Gasteiger partial charge is 0.494 e. The monoisotopic (exact) mass is 938 g/mol. The molecule has 1 N–H and O–H groups in total. The molecule has 5 aromatic carbocycles. The smallest absolute Gasteiger partial charge is 0.343 e. The molecule has 0 spiro atoms. The lowest BCUT2D eigenvalue weighted by molar-refractivity contribution is 0.0679. The van der Waals surface area contributed by atoms with Crippen molar-refractivity contribution in [2.45, 2.75) is 92.9 Å². The number of carbonyl (C=O) groups is 4. The van der Waals surface area contributed by atoms with Gasteiger partial charge in [0.05, 0.1) is 35.5 Å². The molecule has 0 fully saturated rings. The van der Waals surface area contributed by atoms with E-state index in [4.69, 9.17) is 28.1 Å². The molecule has 6 aromatic rings. The standard InChI is InChI=1S/C56H62N2O11/c1-36(2)9-7-11-38(5)29-31-64-46-23-17-41(18-24-46)52-58-57-51(69-52)40-13-15-42(16-14-40)55(62)67-49-33-45(53(59)60)34-50(35-49)68-56(63)44-21-27-48(28-22-44)66-54(61)43-19-25-47(26-20-43)65-32-30-39(6)12-8-10-37(3)4/h13-28,33-39H,7-12,29-32H2,1-6H3,(H,59,60)/t38-,39-/m0/s1. The average Bonchev–Trinajstić information content (AvgIpc) is 3.82. The third-order valence-electron chi connectivity index (χ3n) is 11.5. The van der Waals surface area contributed by atoms with Crippen LogP contribution in [0.3, 0.4) is 0 Å². The maximum atomic E-state index is 13.2. The highest BCUT2D eigenvalue weighted by Gasteiger charge is 2.19. The Kier molecular flexibility index (Phi) is 18.7. The third-order valence-corrected chi connectivity index (χ3v) is 11.5. The summed E-state index contributed by atoms with van der Waals surface area (Å²) in [6.45, 7) is 14.7. The Hall–Kier alpha value is -7.28. The highest BCUT2D eigenvalue weighted by Crippen LogP contribution is 2.29. The molecule has 1 heterocycles. The van der Waals surface area contributed by atoms with Crippen molar-refractivity contribution in [3.05, 3.63) is 138 Å². The molecule has 0 bridgehead atoms. The minimum Gasteiger partial charge on any atom is -0.494 e. The molecule has 0 aliphatic heterocycles. The summed E-state index contributed by atoms with van der Waals surface area (Å²) in [7, 11) is 0. The molecule has 0 unspecified atom stereocenters. The summed E-state index contributed by atoms with van der Waals surface area (Å²) in [5.41, 5.74) is 1.55. The van der Waals surface area contributed by atoms with Gasteiger partial charge in [-0.15, -0.1) is 10.2 Å². The normalized spacial score (nSPS) is 12.1. The van der Waals surface area contributed by atoms with Crippen molar-refractivity contribution in [1.29, 1.82) is 0 Å². The van der Waals surface area contributed by atoms with Crippen LogP contribution in [0, 0.1) is 23.7 Å². The predicted octanol–water partition coefficient (Wildman–Crippen LogP) is 13.2. The number of benzene rings is 5. The van der Waals surface area contributed by atoms with Crippen LogP contribution >= 0.6 is 0 Å². The quantitative estimate of drug-likeness (QED) is 0.0425. The summed E-state index contributed by atoms with van der Waals surface area (Å²) in [6.07, 6.45) is 9.25. The number of carboxylic acid groups (broad SMARTS) is 1. The van der Waals surface area contributed by atoms with Gasteiger partial charge in [0.15, 0.2) is 0 Å². The number of rotatable bonds is 25. The molecular formula is C56H62N2O11. The molecule has 0 aliphatic rings. The van der Waals surface area contributed by atoms with Crippen LogP contribution in [0.1, 0.15) is 134 Å². The number of nitrogens with zero attached hydrogens (tertiary/aromatic N) is 2. The fourth-order valence-electron chi connectivity index (χ4n) is 7.35. The van der Waals surface area contributed by atoms with Gasteiger partial charge in [-0.25, -0.2) is 19.2 Å². The minimum atomic E-state index is -1.34. The summed E-state index contributed by atoms with van der Waals surface area (Å²) in [5, 5.41) is 18.1. The van der Waals surface area contributed by atoms with Crippen LogP contribution in [0.2, 0.25) is 0 Å². The highest BCUT2D eigenvalue weighted by molar-refractivity contribution is 5.95. The molecule has 0 saturated heterocycles. The van der Waals surface area contributed by atoms with Crippen molar-refractivity contribution in [2.75, 3.05) is 13.2 Å². The van der Waals surface area contributed by atoms with E-state index in [1.54, 1.807) is 36.4 Å². The first-order valence-corrected chi connectivity index (χ1v) is 23.7. The van der Waals surface area contributed by atoms with Crippen molar-refractivity contribution in [1.82, 2.24) is 10.2 Å². The lowest BCUT2D eigenvalue weighted by atomic mass is 9.98. The molecular weight excluding hydrogens is 877 g/mol. The molecule has 6 rings (SSSR count). The lowest BCUT2D eigenvalue weighted by Gasteiger charge is -2.13. The molecule has 2 atom stereocenters. The van der Waals surface area contributed by atoms with Crippen molar-refractivity contribution < 1.29 is 52.4 Å². The average molecular weight is 939 g/mol. The number of carboxylic acids is 1. The highest BCUT2D eigenvalue weighted by atomic mass is 16.5. The molecule has 13 nitrogen and oxygen atoms in total. The second-order valence-corrected chi connectivity index (χ2v) is 18.4. The van der Waals surface area contributed by atoms with E-state index >= 15 is 0 Å². The van der Waals surface area contributed by atoms with Crippen LogP contribution in [0.25, 0.3) is 22.9 Å². The molecule has 0 amide bonds. The molecule has 1 aromatic heterocycles. The first kappa shape index (κ1) is 51.1. The number of ether oxygens (including phenoxy) is 5. The maximum absolute atomic E-state index is 13.2.